The Morgan fingerprint density at radius 2 is 1.83 bits per heavy atom. The molecule has 0 spiro atoms. The minimum absolute atomic E-state index is 0.0159. The minimum atomic E-state index is -4.21. The van der Waals surface area contributed by atoms with Crippen LogP contribution >= 0.6 is 34.5 Å². The number of thiazole rings is 1. The van der Waals surface area contributed by atoms with Crippen molar-refractivity contribution in [2.24, 2.45) is 0 Å². The highest BCUT2D eigenvalue weighted by molar-refractivity contribution is 7.93. The molecule has 1 aliphatic heterocycles. The van der Waals surface area contributed by atoms with Crippen molar-refractivity contribution >= 4 is 71.8 Å². The molecule has 11 nitrogen and oxygen atoms in total. The maximum Gasteiger partial charge on any atom is 0.344 e. The van der Waals surface area contributed by atoms with Gasteiger partial charge in [0.2, 0.25) is 15.2 Å². The molecule has 216 valence electrons. The number of carbonyl (C=O) groups is 2. The third kappa shape index (κ3) is 6.71. The molecule has 4 aromatic rings. The minimum Gasteiger partial charge on any atom is -0.304 e. The summed E-state index contributed by atoms with van der Waals surface area (Å²) in [5.74, 6) is -1.20. The first kappa shape index (κ1) is 29.4. The average molecular weight is 637 g/mol. The lowest BCUT2D eigenvalue weighted by Gasteiger charge is -2.32. The molecule has 0 unspecified atom stereocenters. The molecule has 2 aromatic heterocycles. The van der Waals surface area contributed by atoms with Crippen molar-refractivity contribution in [1.82, 2.24) is 29.9 Å². The molecule has 2 aromatic carbocycles. The number of aromatic nitrogens is 3. The number of nitrogens with zero attached hydrogens (tertiary/aromatic N) is 6. The summed E-state index contributed by atoms with van der Waals surface area (Å²) in [6.07, 6.45) is 3.48. The van der Waals surface area contributed by atoms with E-state index in [2.05, 4.69) is 25.2 Å². The van der Waals surface area contributed by atoms with E-state index in [1.807, 2.05) is 7.05 Å². The van der Waals surface area contributed by atoms with Gasteiger partial charge < -0.3 is 9.80 Å². The lowest BCUT2D eigenvalue weighted by atomic mass is 10.2. The monoisotopic (exact) mass is 635 g/mol. The van der Waals surface area contributed by atoms with Gasteiger partial charge in [-0.1, -0.05) is 46.7 Å². The number of nitrogens with one attached hydrogen (secondary N) is 1. The second kappa shape index (κ2) is 12.4. The molecule has 0 aliphatic carbocycles. The van der Waals surface area contributed by atoms with Crippen LogP contribution in [0, 0.1) is 0 Å². The average Bonchev–Trinajstić information content (AvgIpc) is 3.60. The van der Waals surface area contributed by atoms with Crippen LogP contribution in [0.3, 0.4) is 0 Å². The van der Waals surface area contributed by atoms with Crippen molar-refractivity contribution in [3.63, 3.8) is 0 Å². The van der Waals surface area contributed by atoms with Crippen molar-refractivity contribution in [2.45, 2.75) is 6.42 Å². The van der Waals surface area contributed by atoms with Gasteiger partial charge in [-0.25, -0.2) is 22.9 Å². The first-order valence-corrected chi connectivity index (χ1v) is 15.9. The summed E-state index contributed by atoms with van der Waals surface area (Å²) in [4.78, 5) is 35.6. The van der Waals surface area contributed by atoms with E-state index in [0.717, 1.165) is 37.5 Å². The number of hydrogen-bond acceptors (Lipinski definition) is 9. The number of para-hydroxylation sites is 1. The molecular formula is C26H27Cl2N7O4S2. The van der Waals surface area contributed by atoms with Crippen molar-refractivity contribution < 1.29 is 18.0 Å². The van der Waals surface area contributed by atoms with Crippen LogP contribution < -0.4 is 9.62 Å². The number of piperazine rings is 1. The van der Waals surface area contributed by atoms with Crippen molar-refractivity contribution in [3.05, 3.63) is 70.5 Å². The highest BCUT2D eigenvalue weighted by Gasteiger charge is 2.34. The summed E-state index contributed by atoms with van der Waals surface area (Å²) in [5, 5.41) is 6.46. The molecule has 1 saturated heterocycles. The lowest BCUT2D eigenvalue weighted by Crippen LogP contribution is -2.48. The second-order valence-electron chi connectivity index (χ2n) is 9.54. The highest BCUT2D eigenvalue weighted by atomic mass is 35.5. The van der Waals surface area contributed by atoms with Gasteiger partial charge in [0, 0.05) is 38.6 Å². The number of halogens is 2. The van der Waals surface area contributed by atoms with E-state index in [4.69, 9.17) is 23.2 Å². The number of urea groups is 1. The number of amides is 3. The highest BCUT2D eigenvalue weighted by Crippen LogP contribution is 2.31. The molecule has 0 atom stereocenters. The number of hydrogen-bond donors (Lipinski definition) is 1. The third-order valence-electron chi connectivity index (χ3n) is 6.64. The molecule has 1 aliphatic rings. The molecule has 1 N–H and O–H groups in total. The van der Waals surface area contributed by atoms with E-state index in [-0.39, 0.29) is 26.5 Å². The van der Waals surface area contributed by atoms with Crippen LogP contribution in [0.1, 0.15) is 16.8 Å². The fraction of sp³-hybridized carbons (Fsp3) is 0.308. The van der Waals surface area contributed by atoms with Gasteiger partial charge in [0.25, 0.3) is 5.91 Å². The molecule has 41 heavy (non-hydrogen) atoms. The Bertz CT molecular complexity index is 1640. The number of anilines is 1. The quantitative estimate of drug-likeness (QED) is 0.307. The number of benzene rings is 2. The van der Waals surface area contributed by atoms with Gasteiger partial charge in [0.15, 0.2) is 0 Å². The first-order chi connectivity index (χ1) is 19.6. The van der Waals surface area contributed by atoms with Crippen LogP contribution in [-0.4, -0.2) is 90.4 Å². The lowest BCUT2D eigenvalue weighted by molar-refractivity contribution is 0.0966. The van der Waals surface area contributed by atoms with E-state index in [0.29, 0.717) is 33.2 Å². The van der Waals surface area contributed by atoms with Gasteiger partial charge in [0.05, 0.1) is 37.3 Å². The third-order valence-corrected chi connectivity index (χ3v) is 10.1. The Labute approximate surface area is 251 Å². The van der Waals surface area contributed by atoms with Crippen molar-refractivity contribution in [2.75, 3.05) is 49.8 Å². The fourth-order valence-corrected chi connectivity index (χ4v) is 7.56. The Kier molecular flexibility index (Phi) is 8.92. The second-order valence-corrected chi connectivity index (χ2v) is 13.3. The number of carbonyl (C=O) groups excluding carboxylic acids is 2. The largest absolute Gasteiger partial charge is 0.344 e. The number of likely N-dealkylation sites (N-methyl/N-ethyl adjacent to an activating group) is 1. The van der Waals surface area contributed by atoms with Gasteiger partial charge in [-0.05, 0) is 50.3 Å². The summed E-state index contributed by atoms with van der Waals surface area (Å²) in [5.41, 5.74) is 0.818. The SMILES string of the molecule is CN1CCN(CCCS(=O)(=O)N(C(=O)NC(=O)c2cc(-n3cccn3)c(Cl)cc2Cl)c2nc3ccccc3s2)CC1. The summed E-state index contributed by atoms with van der Waals surface area (Å²) in [6, 6.07) is 10.3. The molecule has 3 heterocycles. The molecule has 0 radical (unpaired) electrons. The summed E-state index contributed by atoms with van der Waals surface area (Å²) in [7, 11) is -2.16. The zero-order valence-electron chi connectivity index (χ0n) is 22.0. The standard InChI is InChI=1S/C26H27Cl2N7O4S2/c1-32-11-13-33(14-12-32)9-5-15-41(38,39)35(26-30-21-6-2-3-7-23(21)40-26)25(37)31-24(36)18-16-22(20(28)17-19(18)27)34-10-4-8-29-34/h2-4,6-8,10,16-17H,5,9,11-15H2,1H3,(H,31,36,37). The molecular weight excluding hydrogens is 609 g/mol. The van der Waals surface area contributed by atoms with Crippen LogP contribution in [0.15, 0.2) is 54.9 Å². The zero-order chi connectivity index (χ0) is 29.1. The van der Waals surface area contributed by atoms with E-state index < -0.39 is 22.0 Å². The summed E-state index contributed by atoms with van der Waals surface area (Å²) < 4.78 is 30.0. The maximum absolute atomic E-state index is 13.6. The first-order valence-electron chi connectivity index (χ1n) is 12.8. The predicted octanol–water partition coefficient (Wildman–Crippen LogP) is 4.11. The van der Waals surface area contributed by atoms with E-state index in [1.54, 1.807) is 42.7 Å². The summed E-state index contributed by atoms with van der Waals surface area (Å²) >= 11 is 13.6. The van der Waals surface area contributed by atoms with Crippen LogP contribution in [0.4, 0.5) is 9.93 Å². The van der Waals surface area contributed by atoms with Crippen molar-refractivity contribution in [1.29, 1.82) is 0 Å². The van der Waals surface area contributed by atoms with E-state index >= 15 is 0 Å². The fourth-order valence-electron chi connectivity index (χ4n) is 4.43. The molecule has 0 bridgehead atoms. The van der Waals surface area contributed by atoms with E-state index in [9.17, 15) is 18.0 Å². The topological polar surface area (TPSA) is 121 Å². The Balaban J connectivity index is 1.39. The van der Waals surface area contributed by atoms with Crippen LogP contribution in [0.2, 0.25) is 10.0 Å². The van der Waals surface area contributed by atoms with Gasteiger partial charge in [-0.15, -0.1) is 0 Å². The Morgan fingerprint density at radius 1 is 1.07 bits per heavy atom. The van der Waals surface area contributed by atoms with E-state index in [1.165, 1.54) is 16.8 Å². The van der Waals surface area contributed by atoms with Crippen LogP contribution in [0.25, 0.3) is 15.9 Å². The molecule has 1 fully saturated rings. The van der Waals surface area contributed by atoms with Gasteiger partial charge >= 0.3 is 6.03 Å². The molecule has 5 rings (SSSR count). The van der Waals surface area contributed by atoms with Gasteiger partial charge in [-0.3, -0.25) is 10.1 Å². The molecule has 3 amide bonds. The van der Waals surface area contributed by atoms with Crippen LogP contribution in [0.5, 0.6) is 0 Å². The number of sulfonamides is 1. The number of imide groups is 1. The molecule has 0 saturated carbocycles. The Hall–Kier alpha value is -3.07. The maximum atomic E-state index is 13.6. The van der Waals surface area contributed by atoms with Gasteiger partial charge in [0.1, 0.15) is 0 Å². The molecule has 15 heteroatoms. The van der Waals surface area contributed by atoms with Crippen LogP contribution in [-0.2, 0) is 10.0 Å². The van der Waals surface area contributed by atoms with Crippen molar-refractivity contribution in [3.8, 4) is 5.69 Å². The zero-order valence-corrected chi connectivity index (χ0v) is 25.2. The summed E-state index contributed by atoms with van der Waals surface area (Å²) in [6.45, 7) is 4.07. The normalized spacial score (nSPS) is 14.8. The van der Waals surface area contributed by atoms with Gasteiger partial charge in [-0.2, -0.15) is 9.40 Å². The number of fused-ring (bicyclic) bond motifs is 1. The smallest absolute Gasteiger partial charge is 0.304 e. The predicted molar refractivity (Wildman–Crippen MR) is 161 cm³/mol. The Morgan fingerprint density at radius 3 is 2.54 bits per heavy atom. The number of rotatable bonds is 8.